The fourth-order valence-electron chi connectivity index (χ4n) is 3.48. The minimum atomic E-state index is 0.513. The second kappa shape index (κ2) is 7.05. The van der Waals surface area contributed by atoms with E-state index in [2.05, 4.69) is 100 Å². The fourth-order valence-corrected chi connectivity index (χ4v) is 3.48. The van der Waals surface area contributed by atoms with Crippen molar-refractivity contribution in [2.45, 2.75) is 39.5 Å². The molecule has 0 unspecified atom stereocenters. The zero-order valence-electron chi connectivity index (χ0n) is 15.1. The molecule has 0 saturated carbocycles. The van der Waals surface area contributed by atoms with Crippen LogP contribution in [-0.4, -0.2) is 0 Å². The molecule has 0 N–H and O–H groups in total. The van der Waals surface area contributed by atoms with E-state index in [4.69, 9.17) is 0 Å². The van der Waals surface area contributed by atoms with Crippen LogP contribution in [0.4, 0.5) is 0 Å². The molecular weight excluding hydrogens is 288 g/mol. The van der Waals surface area contributed by atoms with E-state index in [0.29, 0.717) is 11.8 Å². The summed E-state index contributed by atoms with van der Waals surface area (Å²) in [6.07, 6.45) is 0. The Labute approximate surface area is 146 Å². The molecule has 0 aromatic heterocycles. The summed E-state index contributed by atoms with van der Waals surface area (Å²) in [6.45, 7) is 9.16. The van der Waals surface area contributed by atoms with Gasteiger partial charge in [0.05, 0.1) is 0 Å². The van der Waals surface area contributed by atoms with E-state index in [0.717, 1.165) is 0 Å². The number of benzene rings is 3. The summed E-state index contributed by atoms with van der Waals surface area (Å²) in [4.78, 5) is 0. The predicted molar refractivity (Wildman–Crippen MR) is 105 cm³/mol. The molecule has 0 nitrogen and oxygen atoms in total. The number of rotatable bonds is 4. The summed E-state index contributed by atoms with van der Waals surface area (Å²) in [5.41, 5.74) is 8.17. The van der Waals surface area contributed by atoms with Gasteiger partial charge in [-0.15, -0.1) is 0 Å². The molecule has 0 atom stereocenters. The van der Waals surface area contributed by atoms with Crippen LogP contribution < -0.4 is 0 Å². The first kappa shape index (κ1) is 16.5. The smallest absolute Gasteiger partial charge is 0.0146 e. The fraction of sp³-hybridized carbons (Fsp3) is 0.250. The van der Waals surface area contributed by atoms with Crippen molar-refractivity contribution in [3.05, 3.63) is 83.9 Å². The molecule has 0 spiro atoms. The van der Waals surface area contributed by atoms with Crippen molar-refractivity contribution in [1.82, 2.24) is 0 Å². The summed E-state index contributed by atoms with van der Waals surface area (Å²) in [5.74, 6) is 1.05. The van der Waals surface area contributed by atoms with Gasteiger partial charge in [-0.3, -0.25) is 0 Å². The van der Waals surface area contributed by atoms with Gasteiger partial charge in [-0.05, 0) is 51.3 Å². The maximum Gasteiger partial charge on any atom is -0.0146 e. The second-order valence-electron chi connectivity index (χ2n) is 7.06. The van der Waals surface area contributed by atoms with Crippen LogP contribution in [0.1, 0.15) is 50.7 Å². The van der Waals surface area contributed by atoms with Crippen LogP contribution in [0.5, 0.6) is 0 Å². The van der Waals surface area contributed by atoms with Crippen LogP contribution in [0.3, 0.4) is 0 Å². The van der Waals surface area contributed by atoms with Crippen LogP contribution in [-0.2, 0) is 0 Å². The van der Waals surface area contributed by atoms with Gasteiger partial charge in [0.1, 0.15) is 0 Å². The quantitative estimate of drug-likeness (QED) is 0.475. The Morgan fingerprint density at radius 1 is 0.542 bits per heavy atom. The predicted octanol–water partition coefficient (Wildman–Crippen LogP) is 7.27. The van der Waals surface area contributed by atoms with Gasteiger partial charge in [0.15, 0.2) is 0 Å². The Morgan fingerprint density at radius 2 is 1.17 bits per heavy atom. The molecule has 3 aromatic carbocycles. The first-order valence-electron chi connectivity index (χ1n) is 8.86. The van der Waals surface area contributed by atoms with E-state index >= 15 is 0 Å². The minimum absolute atomic E-state index is 0.513. The number of hydrogen-bond acceptors (Lipinski definition) is 0. The van der Waals surface area contributed by atoms with E-state index < -0.39 is 0 Å². The van der Waals surface area contributed by atoms with E-state index in [1.165, 1.54) is 33.4 Å². The van der Waals surface area contributed by atoms with Gasteiger partial charge in [0, 0.05) is 0 Å². The highest BCUT2D eigenvalue weighted by Crippen LogP contribution is 2.36. The van der Waals surface area contributed by atoms with Crippen molar-refractivity contribution in [1.29, 1.82) is 0 Å². The number of hydrogen-bond donors (Lipinski definition) is 0. The summed E-state index contributed by atoms with van der Waals surface area (Å²) < 4.78 is 0. The third-order valence-corrected chi connectivity index (χ3v) is 4.62. The van der Waals surface area contributed by atoms with E-state index in [1.54, 1.807) is 0 Å². The molecule has 122 valence electrons. The average Bonchev–Trinajstić information content (AvgIpc) is 2.61. The summed E-state index contributed by atoms with van der Waals surface area (Å²) in [7, 11) is 0. The molecule has 0 radical (unpaired) electrons. The SMILES string of the molecule is CC(C)c1cccc(-c2cccc(-c3ccccc3)c2)c1C(C)C. The molecule has 3 aromatic rings. The Balaban J connectivity index is 2.15. The van der Waals surface area contributed by atoms with Crippen LogP contribution in [0, 0.1) is 0 Å². The lowest BCUT2D eigenvalue weighted by molar-refractivity contribution is 0.792. The molecule has 0 heteroatoms. The van der Waals surface area contributed by atoms with Gasteiger partial charge in [0.25, 0.3) is 0 Å². The molecule has 0 aliphatic rings. The first-order chi connectivity index (χ1) is 11.6. The third kappa shape index (κ3) is 3.28. The lowest BCUT2D eigenvalue weighted by atomic mass is 9.84. The molecule has 0 saturated heterocycles. The summed E-state index contributed by atoms with van der Waals surface area (Å²) in [6, 6.07) is 26.3. The van der Waals surface area contributed by atoms with Crippen LogP contribution in [0.2, 0.25) is 0 Å². The Morgan fingerprint density at radius 3 is 1.83 bits per heavy atom. The highest BCUT2D eigenvalue weighted by molar-refractivity contribution is 5.76. The van der Waals surface area contributed by atoms with E-state index in [9.17, 15) is 0 Å². The molecule has 0 aliphatic carbocycles. The molecule has 24 heavy (non-hydrogen) atoms. The van der Waals surface area contributed by atoms with Crippen molar-refractivity contribution < 1.29 is 0 Å². The second-order valence-corrected chi connectivity index (χ2v) is 7.06. The molecule has 0 amide bonds. The zero-order chi connectivity index (χ0) is 17.1. The van der Waals surface area contributed by atoms with Crippen LogP contribution in [0.15, 0.2) is 72.8 Å². The first-order valence-corrected chi connectivity index (χ1v) is 8.86. The van der Waals surface area contributed by atoms with Gasteiger partial charge in [-0.1, -0.05) is 94.4 Å². The zero-order valence-corrected chi connectivity index (χ0v) is 15.1. The minimum Gasteiger partial charge on any atom is -0.0622 e. The van der Waals surface area contributed by atoms with Crippen LogP contribution >= 0.6 is 0 Å². The molecular formula is C24H26. The summed E-state index contributed by atoms with van der Waals surface area (Å²) in [5, 5.41) is 0. The van der Waals surface area contributed by atoms with E-state index in [1.807, 2.05) is 0 Å². The largest absolute Gasteiger partial charge is 0.0622 e. The van der Waals surface area contributed by atoms with Crippen molar-refractivity contribution in [2.24, 2.45) is 0 Å². The Kier molecular flexibility index (Phi) is 4.85. The summed E-state index contributed by atoms with van der Waals surface area (Å²) >= 11 is 0. The normalized spacial score (nSPS) is 11.2. The van der Waals surface area contributed by atoms with Crippen molar-refractivity contribution >= 4 is 0 Å². The van der Waals surface area contributed by atoms with Crippen molar-refractivity contribution in [2.75, 3.05) is 0 Å². The van der Waals surface area contributed by atoms with Gasteiger partial charge in [-0.25, -0.2) is 0 Å². The Bertz CT molecular complexity index is 810. The van der Waals surface area contributed by atoms with Crippen LogP contribution in [0.25, 0.3) is 22.3 Å². The standard InChI is InChI=1S/C24H26/c1-17(2)22-14-9-15-23(24(22)18(3)4)21-13-8-12-20(16-21)19-10-6-5-7-11-19/h5-18H,1-4H3. The van der Waals surface area contributed by atoms with Gasteiger partial charge in [-0.2, -0.15) is 0 Å². The molecule has 0 heterocycles. The molecule has 0 aliphatic heterocycles. The van der Waals surface area contributed by atoms with Crippen molar-refractivity contribution in [3.8, 4) is 22.3 Å². The molecule has 3 rings (SSSR count). The van der Waals surface area contributed by atoms with Gasteiger partial charge >= 0.3 is 0 Å². The maximum absolute atomic E-state index is 2.32. The monoisotopic (exact) mass is 314 g/mol. The molecule has 0 bridgehead atoms. The third-order valence-electron chi connectivity index (χ3n) is 4.62. The van der Waals surface area contributed by atoms with Gasteiger partial charge in [0.2, 0.25) is 0 Å². The topological polar surface area (TPSA) is 0 Å². The molecule has 0 fully saturated rings. The lowest BCUT2D eigenvalue weighted by Gasteiger charge is -2.21. The highest BCUT2D eigenvalue weighted by atomic mass is 14.2. The average molecular weight is 314 g/mol. The van der Waals surface area contributed by atoms with Crippen molar-refractivity contribution in [3.63, 3.8) is 0 Å². The maximum atomic E-state index is 2.32. The van der Waals surface area contributed by atoms with E-state index in [-0.39, 0.29) is 0 Å². The Hall–Kier alpha value is -2.34. The lowest BCUT2D eigenvalue weighted by Crippen LogP contribution is -2.01. The highest BCUT2D eigenvalue weighted by Gasteiger charge is 2.15. The van der Waals surface area contributed by atoms with Gasteiger partial charge < -0.3 is 0 Å².